The van der Waals surface area contributed by atoms with E-state index in [0.717, 1.165) is 12.8 Å². The van der Waals surface area contributed by atoms with Gasteiger partial charge in [-0.25, -0.2) is 4.79 Å². The fourth-order valence-electron chi connectivity index (χ4n) is 2.11. The Labute approximate surface area is 63.9 Å². The molecule has 0 aromatic rings. The fraction of sp³-hybridized carbons (Fsp3) is 0.625. The van der Waals surface area contributed by atoms with Crippen LogP contribution in [0.4, 0.5) is 4.53 Å². The first-order valence-corrected chi connectivity index (χ1v) is 3.82. The lowest BCUT2D eigenvalue weighted by Gasteiger charge is -2.11. The van der Waals surface area contributed by atoms with Crippen molar-refractivity contribution < 1.29 is 14.3 Å². The molecule has 3 atom stereocenters. The molecule has 0 spiro atoms. The zero-order valence-corrected chi connectivity index (χ0v) is 6.00. The van der Waals surface area contributed by atoms with E-state index < -0.39 is 5.97 Å². The van der Waals surface area contributed by atoms with Gasteiger partial charge in [0.05, 0.1) is 5.92 Å². The van der Waals surface area contributed by atoms with Gasteiger partial charge in [0, 0.05) is 4.53 Å². The highest BCUT2D eigenvalue weighted by molar-refractivity contribution is 5.73. The molecular weight excluding hydrogens is 147 g/mol. The standard InChI is InChI=1S/C8H9FO2/c9-11-8(10)7-4-5-1-2-6(7)3-5/h1-2,5-7H,3-4H2. The van der Waals surface area contributed by atoms with Crippen molar-refractivity contribution in [3.63, 3.8) is 0 Å². The number of rotatable bonds is 1. The van der Waals surface area contributed by atoms with E-state index in [1.807, 2.05) is 6.08 Å². The third-order valence-corrected chi connectivity index (χ3v) is 2.66. The average molecular weight is 156 g/mol. The van der Waals surface area contributed by atoms with Crippen molar-refractivity contribution in [3.8, 4) is 0 Å². The second kappa shape index (κ2) is 2.32. The molecular formula is C8H9FO2. The van der Waals surface area contributed by atoms with Gasteiger partial charge in [0.15, 0.2) is 0 Å². The van der Waals surface area contributed by atoms with Crippen LogP contribution in [0, 0.1) is 17.8 Å². The number of hydrogen-bond donors (Lipinski definition) is 0. The smallest absolute Gasteiger partial charge is 0.255 e. The number of carbonyl (C=O) groups is 1. The summed E-state index contributed by atoms with van der Waals surface area (Å²) in [5.41, 5.74) is 0. The van der Waals surface area contributed by atoms with Crippen LogP contribution in [0.2, 0.25) is 0 Å². The van der Waals surface area contributed by atoms with Gasteiger partial charge in [-0.15, -0.1) is 0 Å². The van der Waals surface area contributed by atoms with Gasteiger partial charge < -0.3 is 0 Å². The van der Waals surface area contributed by atoms with E-state index in [9.17, 15) is 9.32 Å². The maximum absolute atomic E-state index is 11.5. The first-order valence-electron chi connectivity index (χ1n) is 3.82. The second-order valence-electron chi connectivity index (χ2n) is 3.28. The first-order chi connectivity index (χ1) is 5.31. The van der Waals surface area contributed by atoms with E-state index in [0.29, 0.717) is 5.92 Å². The molecule has 0 radical (unpaired) electrons. The second-order valence-corrected chi connectivity index (χ2v) is 3.28. The van der Waals surface area contributed by atoms with Crippen molar-refractivity contribution in [2.24, 2.45) is 17.8 Å². The molecule has 0 aromatic carbocycles. The highest BCUT2D eigenvalue weighted by Crippen LogP contribution is 2.43. The Morgan fingerprint density at radius 2 is 2.27 bits per heavy atom. The van der Waals surface area contributed by atoms with Gasteiger partial charge in [0.1, 0.15) is 0 Å². The van der Waals surface area contributed by atoms with Gasteiger partial charge in [-0.2, -0.15) is 0 Å². The number of fused-ring (bicyclic) bond motifs is 2. The van der Waals surface area contributed by atoms with Crippen molar-refractivity contribution in [1.82, 2.24) is 0 Å². The van der Waals surface area contributed by atoms with E-state index >= 15 is 0 Å². The Bertz CT molecular complexity index is 212. The summed E-state index contributed by atoms with van der Waals surface area (Å²) in [7, 11) is 0. The van der Waals surface area contributed by atoms with Gasteiger partial charge in [0.2, 0.25) is 0 Å². The van der Waals surface area contributed by atoms with Gasteiger partial charge in [-0.3, -0.25) is 4.94 Å². The number of allylic oxidation sites excluding steroid dienone is 2. The number of halogens is 1. The van der Waals surface area contributed by atoms with Crippen LogP contribution in [-0.2, 0) is 9.74 Å². The highest BCUT2D eigenvalue weighted by Gasteiger charge is 2.41. The molecule has 1 fully saturated rings. The van der Waals surface area contributed by atoms with Gasteiger partial charge in [-0.1, -0.05) is 12.2 Å². The zero-order valence-electron chi connectivity index (χ0n) is 6.00. The summed E-state index contributed by atoms with van der Waals surface area (Å²) in [6, 6.07) is 0. The molecule has 2 aliphatic carbocycles. The Hall–Kier alpha value is -0.860. The molecule has 2 aliphatic rings. The number of carbonyl (C=O) groups excluding carboxylic acids is 1. The van der Waals surface area contributed by atoms with E-state index in [1.54, 1.807) is 0 Å². The summed E-state index contributed by atoms with van der Waals surface area (Å²) in [5.74, 6) is -0.177. The topological polar surface area (TPSA) is 26.3 Å². The molecule has 0 aromatic heterocycles. The van der Waals surface area contributed by atoms with Crippen molar-refractivity contribution in [2.45, 2.75) is 12.8 Å². The highest BCUT2D eigenvalue weighted by atomic mass is 19.3. The predicted molar refractivity (Wildman–Crippen MR) is 36.0 cm³/mol. The average Bonchev–Trinajstić information content (AvgIpc) is 2.62. The van der Waals surface area contributed by atoms with E-state index in [1.165, 1.54) is 0 Å². The van der Waals surface area contributed by atoms with Crippen LogP contribution in [0.3, 0.4) is 0 Å². The molecule has 0 aliphatic heterocycles. The molecule has 0 saturated heterocycles. The van der Waals surface area contributed by atoms with Crippen molar-refractivity contribution >= 4 is 5.97 Å². The Kier molecular flexibility index (Phi) is 1.44. The van der Waals surface area contributed by atoms with Crippen LogP contribution in [0.5, 0.6) is 0 Å². The zero-order chi connectivity index (χ0) is 7.84. The molecule has 60 valence electrons. The third kappa shape index (κ3) is 0.951. The fourth-order valence-corrected chi connectivity index (χ4v) is 2.11. The predicted octanol–water partition coefficient (Wildman–Crippen LogP) is 1.63. The van der Waals surface area contributed by atoms with Crippen molar-refractivity contribution in [2.75, 3.05) is 0 Å². The van der Waals surface area contributed by atoms with E-state index in [2.05, 4.69) is 11.0 Å². The molecule has 3 unspecified atom stereocenters. The minimum atomic E-state index is -0.693. The van der Waals surface area contributed by atoms with Crippen LogP contribution >= 0.6 is 0 Å². The molecule has 0 N–H and O–H groups in total. The van der Waals surface area contributed by atoms with Crippen LogP contribution in [0.1, 0.15) is 12.8 Å². The van der Waals surface area contributed by atoms with Crippen LogP contribution in [0.25, 0.3) is 0 Å². The normalized spacial score (nSPS) is 39.5. The van der Waals surface area contributed by atoms with Gasteiger partial charge in [-0.05, 0) is 24.7 Å². The summed E-state index contributed by atoms with van der Waals surface area (Å²) in [4.78, 5) is 14.0. The summed E-state index contributed by atoms with van der Waals surface area (Å²) in [6.45, 7) is 0. The molecule has 0 amide bonds. The number of hydrogen-bond acceptors (Lipinski definition) is 2. The molecule has 0 heterocycles. The van der Waals surface area contributed by atoms with E-state index in [4.69, 9.17) is 0 Å². The van der Waals surface area contributed by atoms with Crippen LogP contribution in [0.15, 0.2) is 12.2 Å². The van der Waals surface area contributed by atoms with Crippen LogP contribution in [-0.4, -0.2) is 5.97 Å². The SMILES string of the molecule is O=C(OF)C1CC2C=CC1C2. The van der Waals surface area contributed by atoms with Crippen LogP contribution < -0.4 is 0 Å². The lowest BCUT2D eigenvalue weighted by Crippen LogP contribution is -2.18. The summed E-state index contributed by atoms with van der Waals surface area (Å²) in [6.07, 6.45) is 5.87. The summed E-state index contributed by atoms with van der Waals surface area (Å²) < 4.78 is 11.5. The molecule has 3 heteroatoms. The molecule has 1 saturated carbocycles. The van der Waals surface area contributed by atoms with Crippen molar-refractivity contribution in [3.05, 3.63) is 12.2 Å². The quantitative estimate of drug-likeness (QED) is 0.539. The largest absolute Gasteiger partial charge is 0.352 e. The molecule has 2 rings (SSSR count). The maximum Gasteiger partial charge on any atom is 0.352 e. The third-order valence-electron chi connectivity index (χ3n) is 2.66. The lowest BCUT2D eigenvalue weighted by molar-refractivity contribution is -0.190. The maximum atomic E-state index is 11.5. The minimum Gasteiger partial charge on any atom is -0.255 e. The molecule has 2 nitrogen and oxygen atoms in total. The van der Waals surface area contributed by atoms with Gasteiger partial charge in [0.25, 0.3) is 0 Å². The first kappa shape index (κ1) is 6.83. The van der Waals surface area contributed by atoms with Crippen molar-refractivity contribution in [1.29, 1.82) is 0 Å². The monoisotopic (exact) mass is 156 g/mol. The molecule has 11 heavy (non-hydrogen) atoms. The summed E-state index contributed by atoms with van der Waals surface area (Å²) in [5, 5.41) is 0. The van der Waals surface area contributed by atoms with E-state index in [-0.39, 0.29) is 11.8 Å². The minimum absolute atomic E-state index is 0.213. The Morgan fingerprint density at radius 3 is 2.73 bits per heavy atom. The van der Waals surface area contributed by atoms with Gasteiger partial charge >= 0.3 is 5.97 Å². The Balaban J connectivity index is 2.08. The lowest BCUT2D eigenvalue weighted by atomic mass is 9.94. The summed E-state index contributed by atoms with van der Waals surface area (Å²) >= 11 is 0. The Morgan fingerprint density at radius 1 is 1.45 bits per heavy atom. The molecule has 2 bridgehead atoms.